The van der Waals surface area contributed by atoms with Crippen LogP contribution in [0, 0.1) is 15.5 Å². The van der Waals surface area contributed by atoms with Crippen LogP contribution in [-0.2, 0) is 0 Å². The number of hydrogen-bond acceptors (Lipinski definition) is 4. The predicted octanol–water partition coefficient (Wildman–Crippen LogP) is 4.23. The number of nitrogens with one attached hydrogen (secondary N) is 1. The molecular formula is C15H24N2O3. The molecule has 5 heteroatoms. The lowest BCUT2D eigenvalue weighted by atomic mass is 9.93. The van der Waals surface area contributed by atoms with Crippen LogP contribution in [0.15, 0.2) is 18.2 Å². The van der Waals surface area contributed by atoms with E-state index < -0.39 is 4.92 Å². The Morgan fingerprint density at radius 2 is 2.00 bits per heavy atom. The molecule has 0 spiro atoms. The summed E-state index contributed by atoms with van der Waals surface area (Å²) < 4.78 is 5.65. The van der Waals surface area contributed by atoms with Crippen molar-refractivity contribution in [3.63, 3.8) is 0 Å². The lowest BCUT2D eigenvalue weighted by Crippen LogP contribution is -2.11. The second-order valence-electron chi connectivity index (χ2n) is 6.06. The number of non-ortho nitro benzene ring substituents is 1. The molecule has 1 rings (SSSR count). The molecule has 0 amide bonds. The van der Waals surface area contributed by atoms with Crippen molar-refractivity contribution in [2.75, 3.05) is 18.5 Å². The van der Waals surface area contributed by atoms with E-state index in [4.69, 9.17) is 4.74 Å². The van der Waals surface area contributed by atoms with Gasteiger partial charge in [-0.2, -0.15) is 0 Å². The summed E-state index contributed by atoms with van der Waals surface area (Å²) in [5, 5.41) is 14.1. The van der Waals surface area contributed by atoms with Crippen LogP contribution in [0.5, 0.6) is 5.75 Å². The van der Waals surface area contributed by atoms with Crippen LogP contribution in [-0.4, -0.2) is 18.1 Å². The zero-order chi connectivity index (χ0) is 15.2. The molecule has 0 saturated heterocycles. The van der Waals surface area contributed by atoms with Crippen LogP contribution in [0.25, 0.3) is 0 Å². The van der Waals surface area contributed by atoms with Crippen LogP contribution in [0.2, 0.25) is 0 Å². The summed E-state index contributed by atoms with van der Waals surface area (Å²) in [6, 6.07) is 4.82. The zero-order valence-electron chi connectivity index (χ0n) is 12.7. The van der Waals surface area contributed by atoms with Crippen LogP contribution in [0.3, 0.4) is 0 Å². The molecule has 1 N–H and O–H groups in total. The molecular weight excluding hydrogens is 256 g/mol. The first kappa shape index (κ1) is 16.3. The van der Waals surface area contributed by atoms with Gasteiger partial charge in [0.15, 0.2) is 0 Å². The van der Waals surface area contributed by atoms with E-state index >= 15 is 0 Å². The molecule has 20 heavy (non-hydrogen) atoms. The highest BCUT2D eigenvalue weighted by Gasteiger charge is 2.13. The molecule has 5 nitrogen and oxygen atoms in total. The number of nitro benzene ring substituents is 1. The fourth-order valence-electron chi connectivity index (χ4n) is 1.62. The van der Waals surface area contributed by atoms with Crippen LogP contribution < -0.4 is 10.1 Å². The molecule has 0 atom stereocenters. The highest BCUT2D eigenvalue weighted by molar-refractivity contribution is 5.56. The summed E-state index contributed by atoms with van der Waals surface area (Å²) >= 11 is 0. The predicted molar refractivity (Wildman–Crippen MR) is 81.4 cm³/mol. The largest absolute Gasteiger partial charge is 0.493 e. The Morgan fingerprint density at radius 1 is 1.30 bits per heavy atom. The minimum Gasteiger partial charge on any atom is -0.493 e. The highest BCUT2D eigenvalue weighted by atomic mass is 16.6. The highest BCUT2D eigenvalue weighted by Crippen LogP contribution is 2.27. The first-order valence-electron chi connectivity index (χ1n) is 6.98. The Labute approximate surface area is 120 Å². The number of nitrogens with zero attached hydrogens (tertiary/aromatic N) is 1. The number of rotatable bonds is 7. The first-order valence-corrected chi connectivity index (χ1v) is 6.98. The third-order valence-corrected chi connectivity index (χ3v) is 2.80. The average molecular weight is 280 g/mol. The third-order valence-electron chi connectivity index (χ3n) is 2.80. The second kappa shape index (κ2) is 7.12. The maximum Gasteiger partial charge on any atom is 0.275 e. The van der Waals surface area contributed by atoms with Crippen molar-refractivity contribution in [3.05, 3.63) is 28.3 Å². The Balaban J connectivity index is 2.77. The van der Waals surface area contributed by atoms with E-state index in [0.29, 0.717) is 12.4 Å². The van der Waals surface area contributed by atoms with Crippen molar-refractivity contribution in [3.8, 4) is 5.75 Å². The average Bonchev–Trinajstić information content (AvgIpc) is 2.34. The number of hydrogen-bond donors (Lipinski definition) is 1. The zero-order valence-corrected chi connectivity index (χ0v) is 12.7. The van der Waals surface area contributed by atoms with Gasteiger partial charge in [-0.05, 0) is 18.3 Å². The standard InChI is InChI=1S/C15H24N2O3/c1-5-7-16-12-9-13(17(18)19)11-14(10-12)20-8-6-15(2,3)4/h9-11,16H,5-8H2,1-4H3. The molecule has 1 aromatic rings. The number of anilines is 1. The summed E-state index contributed by atoms with van der Waals surface area (Å²) in [7, 11) is 0. The molecule has 0 aliphatic carbocycles. The summed E-state index contributed by atoms with van der Waals surface area (Å²) in [6.45, 7) is 9.79. The Bertz CT molecular complexity index is 453. The molecule has 0 aliphatic rings. The number of ether oxygens (including phenoxy) is 1. The molecule has 1 aromatic carbocycles. The second-order valence-corrected chi connectivity index (χ2v) is 6.06. The van der Waals surface area contributed by atoms with Gasteiger partial charge in [0.1, 0.15) is 5.75 Å². The van der Waals surface area contributed by atoms with Crippen molar-refractivity contribution in [2.24, 2.45) is 5.41 Å². The van der Waals surface area contributed by atoms with Gasteiger partial charge in [-0.1, -0.05) is 27.7 Å². The smallest absolute Gasteiger partial charge is 0.275 e. The normalized spacial score (nSPS) is 11.2. The van der Waals surface area contributed by atoms with Crippen LogP contribution in [0.4, 0.5) is 11.4 Å². The summed E-state index contributed by atoms with van der Waals surface area (Å²) in [5.41, 5.74) is 0.966. The topological polar surface area (TPSA) is 64.4 Å². The van der Waals surface area contributed by atoms with Gasteiger partial charge in [0, 0.05) is 24.4 Å². The monoisotopic (exact) mass is 280 g/mol. The Kier molecular flexibility index (Phi) is 5.80. The molecule has 0 heterocycles. The minimum absolute atomic E-state index is 0.0526. The fraction of sp³-hybridized carbons (Fsp3) is 0.600. The first-order chi connectivity index (χ1) is 9.31. The fourth-order valence-corrected chi connectivity index (χ4v) is 1.62. The van der Waals surface area contributed by atoms with E-state index in [0.717, 1.165) is 25.1 Å². The molecule has 0 saturated carbocycles. The van der Waals surface area contributed by atoms with E-state index in [9.17, 15) is 10.1 Å². The Hall–Kier alpha value is -1.78. The van der Waals surface area contributed by atoms with Gasteiger partial charge in [0.05, 0.1) is 17.6 Å². The lowest BCUT2D eigenvalue weighted by molar-refractivity contribution is -0.384. The van der Waals surface area contributed by atoms with Gasteiger partial charge < -0.3 is 10.1 Å². The van der Waals surface area contributed by atoms with Crippen molar-refractivity contribution in [1.82, 2.24) is 0 Å². The molecule has 0 aliphatic heterocycles. The quantitative estimate of drug-likeness (QED) is 0.599. The van der Waals surface area contributed by atoms with E-state index in [2.05, 4.69) is 26.1 Å². The van der Waals surface area contributed by atoms with Gasteiger partial charge in [0.25, 0.3) is 5.69 Å². The van der Waals surface area contributed by atoms with Crippen LogP contribution in [0.1, 0.15) is 40.5 Å². The number of benzene rings is 1. The lowest BCUT2D eigenvalue weighted by Gasteiger charge is -2.18. The summed E-state index contributed by atoms with van der Waals surface area (Å²) in [5.74, 6) is 0.544. The van der Waals surface area contributed by atoms with E-state index in [1.54, 1.807) is 0 Å². The minimum atomic E-state index is -0.395. The van der Waals surface area contributed by atoms with Gasteiger partial charge >= 0.3 is 0 Å². The SMILES string of the molecule is CCCNc1cc(OCCC(C)(C)C)cc([N+](=O)[O-])c1. The van der Waals surface area contributed by atoms with Gasteiger partial charge in [0.2, 0.25) is 0 Å². The maximum atomic E-state index is 10.9. The van der Waals surface area contributed by atoms with Crippen molar-refractivity contribution >= 4 is 11.4 Å². The van der Waals surface area contributed by atoms with E-state index in [-0.39, 0.29) is 11.1 Å². The Morgan fingerprint density at radius 3 is 2.55 bits per heavy atom. The summed E-state index contributed by atoms with van der Waals surface area (Å²) in [6.07, 6.45) is 1.86. The maximum absolute atomic E-state index is 10.9. The van der Waals surface area contributed by atoms with E-state index in [1.165, 1.54) is 12.1 Å². The van der Waals surface area contributed by atoms with Crippen molar-refractivity contribution in [1.29, 1.82) is 0 Å². The molecule has 0 aromatic heterocycles. The summed E-state index contributed by atoms with van der Waals surface area (Å²) in [4.78, 5) is 10.5. The molecule has 0 unspecified atom stereocenters. The molecule has 0 fully saturated rings. The molecule has 0 radical (unpaired) electrons. The number of nitro groups is 1. The van der Waals surface area contributed by atoms with Crippen molar-refractivity contribution < 1.29 is 9.66 Å². The van der Waals surface area contributed by atoms with Gasteiger partial charge in [-0.15, -0.1) is 0 Å². The van der Waals surface area contributed by atoms with Crippen LogP contribution >= 0.6 is 0 Å². The van der Waals surface area contributed by atoms with Crippen molar-refractivity contribution in [2.45, 2.75) is 40.5 Å². The van der Waals surface area contributed by atoms with Gasteiger partial charge in [-0.25, -0.2) is 0 Å². The molecule has 112 valence electrons. The molecule has 0 bridgehead atoms. The van der Waals surface area contributed by atoms with E-state index in [1.807, 2.05) is 13.0 Å². The van der Waals surface area contributed by atoms with Gasteiger partial charge in [-0.3, -0.25) is 10.1 Å². The third kappa shape index (κ3) is 5.91.